The molecule has 21 heavy (non-hydrogen) atoms. The van der Waals surface area contributed by atoms with E-state index in [2.05, 4.69) is 39.2 Å². The SMILES string of the molecule is CC(C)NCC1COCCN1c1cc2n[nH]c(=O)n2cn1. The number of hydrogen-bond donors (Lipinski definition) is 2. The lowest BCUT2D eigenvalue weighted by Gasteiger charge is -2.37. The Morgan fingerprint density at radius 2 is 2.43 bits per heavy atom. The summed E-state index contributed by atoms with van der Waals surface area (Å²) in [5.41, 5.74) is 0.302. The number of rotatable bonds is 4. The lowest BCUT2D eigenvalue weighted by atomic mass is 10.2. The highest BCUT2D eigenvalue weighted by molar-refractivity contribution is 5.51. The van der Waals surface area contributed by atoms with E-state index in [0.717, 1.165) is 18.9 Å². The zero-order chi connectivity index (χ0) is 14.8. The van der Waals surface area contributed by atoms with Gasteiger partial charge in [-0.25, -0.2) is 19.3 Å². The maximum absolute atomic E-state index is 11.5. The average Bonchev–Trinajstić information content (AvgIpc) is 2.86. The van der Waals surface area contributed by atoms with Crippen LogP contribution in [0.3, 0.4) is 0 Å². The van der Waals surface area contributed by atoms with E-state index in [1.807, 2.05) is 6.07 Å². The van der Waals surface area contributed by atoms with E-state index in [1.165, 1.54) is 10.7 Å². The molecule has 3 rings (SSSR count). The first-order valence-corrected chi connectivity index (χ1v) is 7.15. The molecule has 1 unspecified atom stereocenters. The van der Waals surface area contributed by atoms with Crippen molar-refractivity contribution in [3.8, 4) is 0 Å². The minimum atomic E-state index is -0.274. The van der Waals surface area contributed by atoms with Gasteiger partial charge >= 0.3 is 5.69 Å². The summed E-state index contributed by atoms with van der Waals surface area (Å²) < 4.78 is 6.97. The number of aromatic nitrogens is 4. The zero-order valence-corrected chi connectivity index (χ0v) is 12.2. The number of hydrogen-bond acceptors (Lipinski definition) is 6. The monoisotopic (exact) mass is 292 g/mol. The van der Waals surface area contributed by atoms with Gasteiger partial charge in [-0.15, -0.1) is 0 Å². The summed E-state index contributed by atoms with van der Waals surface area (Å²) in [5, 5.41) is 9.83. The third-order valence-corrected chi connectivity index (χ3v) is 3.58. The molecule has 0 radical (unpaired) electrons. The lowest BCUT2D eigenvalue weighted by molar-refractivity contribution is 0.0928. The highest BCUT2D eigenvalue weighted by atomic mass is 16.5. The zero-order valence-electron chi connectivity index (χ0n) is 12.2. The summed E-state index contributed by atoms with van der Waals surface area (Å²) in [6.07, 6.45) is 1.51. The van der Waals surface area contributed by atoms with E-state index < -0.39 is 0 Å². The van der Waals surface area contributed by atoms with Crippen LogP contribution < -0.4 is 15.9 Å². The van der Waals surface area contributed by atoms with Crippen LogP contribution in [0.1, 0.15) is 13.8 Å². The number of ether oxygens (including phenoxy) is 1. The van der Waals surface area contributed by atoms with Crippen LogP contribution in [0.5, 0.6) is 0 Å². The minimum Gasteiger partial charge on any atom is -0.377 e. The maximum Gasteiger partial charge on any atom is 0.348 e. The van der Waals surface area contributed by atoms with Crippen LogP contribution in [0.15, 0.2) is 17.2 Å². The third kappa shape index (κ3) is 2.91. The highest BCUT2D eigenvalue weighted by Crippen LogP contribution is 2.17. The molecule has 0 aliphatic carbocycles. The Kier molecular flexibility index (Phi) is 3.89. The van der Waals surface area contributed by atoms with Gasteiger partial charge in [0, 0.05) is 25.2 Å². The smallest absolute Gasteiger partial charge is 0.348 e. The van der Waals surface area contributed by atoms with E-state index in [0.29, 0.717) is 24.9 Å². The topological polar surface area (TPSA) is 87.5 Å². The van der Waals surface area contributed by atoms with E-state index in [9.17, 15) is 4.79 Å². The molecule has 0 bridgehead atoms. The van der Waals surface area contributed by atoms with Crippen molar-refractivity contribution in [1.82, 2.24) is 24.9 Å². The first kappa shape index (κ1) is 14.0. The van der Waals surface area contributed by atoms with Crippen LogP contribution in [0, 0.1) is 0 Å². The van der Waals surface area contributed by atoms with Crippen molar-refractivity contribution in [2.75, 3.05) is 31.2 Å². The Balaban J connectivity index is 1.85. The average molecular weight is 292 g/mol. The van der Waals surface area contributed by atoms with Crippen molar-refractivity contribution < 1.29 is 4.74 Å². The number of morpholine rings is 1. The van der Waals surface area contributed by atoms with Gasteiger partial charge < -0.3 is 15.0 Å². The molecule has 1 atom stereocenters. The molecule has 1 aliphatic rings. The van der Waals surface area contributed by atoms with Gasteiger partial charge in [0.25, 0.3) is 0 Å². The predicted octanol–water partition coefficient (Wildman–Crippen LogP) is -0.379. The largest absolute Gasteiger partial charge is 0.377 e. The van der Waals surface area contributed by atoms with E-state index in [1.54, 1.807) is 0 Å². The summed E-state index contributed by atoms with van der Waals surface area (Å²) in [6.45, 7) is 7.20. The van der Waals surface area contributed by atoms with Crippen LogP contribution in [-0.4, -0.2) is 58.0 Å². The number of anilines is 1. The molecular weight excluding hydrogens is 272 g/mol. The van der Waals surface area contributed by atoms with Gasteiger partial charge in [0.2, 0.25) is 0 Å². The fourth-order valence-corrected chi connectivity index (χ4v) is 2.45. The van der Waals surface area contributed by atoms with E-state index in [4.69, 9.17) is 4.74 Å². The standard InChI is InChI=1S/C13H20N6O2/c1-9(2)14-6-10-7-21-4-3-18(10)11-5-12-16-17-13(20)19(12)8-15-11/h5,8-10,14H,3-4,6-7H2,1-2H3,(H,17,20). The summed E-state index contributed by atoms with van der Waals surface area (Å²) >= 11 is 0. The molecule has 2 aromatic rings. The van der Waals surface area contributed by atoms with Gasteiger partial charge in [0.1, 0.15) is 12.1 Å². The Morgan fingerprint density at radius 1 is 1.57 bits per heavy atom. The second-order valence-electron chi connectivity index (χ2n) is 5.49. The van der Waals surface area contributed by atoms with Gasteiger partial charge in [-0.2, -0.15) is 5.10 Å². The first-order valence-electron chi connectivity index (χ1n) is 7.15. The summed E-state index contributed by atoms with van der Waals surface area (Å²) in [5.74, 6) is 0.820. The number of fused-ring (bicyclic) bond motifs is 1. The summed E-state index contributed by atoms with van der Waals surface area (Å²) in [6, 6.07) is 2.47. The minimum absolute atomic E-state index is 0.224. The molecule has 8 heteroatoms. The van der Waals surface area contributed by atoms with Gasteiger partial charge in [0.05, 0.1) is 19.3 Å². The fraction of sp³-hybridized carbons (Fsp3) is 0.615. The van der Waals surface area contributed by atoms with Crippen LogP contribution in [0.2, 0.25) is 0 Å². The molecule has 8 nitrogen and oxygen atoms in total. The van der Waals surface area contributed by atoms with E-state index >= 15 is 0 Å². The molecule has 114 valence electrons. The molecule has 0 amide bonds. The number of nitrogens with zero attached hydrogens (tertiary/aromatic N) is 4. The Morgan fingerprint density at radius 3 is 3.24 bits per heavy atom. The first-order chi connectivity index (χ1) is 10.1. The normalized spacial score (nSPS) is 19.6. The quantitative estimate of drug-likeness (QED) is 0.799. The van der Waals surface area contributed by atoms with E-state index in [-0.39, 0.29) is 11.7 Å². The third-order valence-electron chi connectivity index (χ3n) is 3.58. The van der Waals surface area contributed by atoms with Gasteiger partial charge in [-0.1, -0.05) is 13.8 Å². The summed E-state index contributed by atoms with van der Waals surface area (Å²) in [7, 11) is 0. The van der Waals surface area contributed by atoms with Crippen molar-refractivity contribution >= 4 is 11.5 Å². The Hall–Kier alpha value is -1.93. The van der Waals surface area contributed by atoms with Crippen molar-refractivity contribution in [2.45, 2.75) is 25.9 Å². The van der Waals surface area contributed by atoms with Crippen LogP contribution in [0.4, 0.5) is 5.82 Å². The van der Waals surface area contributed by atoms with Crippen molar-refractivity contribution in [2.24, 2.45) is 0 Å². The van der Waals surface area contributed by atoms with Crippen LogP contribution in [0.25, 0.3) is 5.65 Å². The van der Waals surface area contributed by atoms with Gasteiger partial charge in [0.15, 0.2) is 5.65 Å². The number of H-pyrrole nitrogens is 1. The molecule has 1 saturated heterocycles. The fourth-order valence-electron chi connectivity index (χ4n) is 2.45. The number of aromatic amines is 1. The van der Waals surface area contributed by atoms with Crippen molar-refractivity contribution in [3.63, 3.8) is 0 Å². The highest BCUT2D eigenvalue weighted by Gasteiger charge is 2.24. The molecule has 2 aromatic heterocycles. The molecule has 0 spiro atoms. The number of nitrogens with one attached hydrogen (secondary N) is 2. The molecule has 1 fully saturated rings. The predicted molar refractivity (Wildman–Crippen MR) is 78.7 cm³/mol. The van der Waals surface area contributed by atoms with Gasteiger partial charge in [-0.3, -0.25) is 0 Å². The maximum atomic E-state index is 11.5. The molecule has 0 saturated carbocycles. The molecular formula is C13H20N6O2. The van der Waals surface area contributed by atoms with Gasteiger partial charge in [-0.05, 0) is 0 Å². The molecule has 3 heterocycles. The molecule has 1 aliphatic heterocycles. The van der Waals surface area contributed by atoms with Crippen LogP contribution in [-0.2, 0) is 4.74 Å². The molecule has 2 N–H and O–H groups in total. The van der Waals surface area contributed by atoms with Crippen molar-refractivity contribution in [1.29, 1.82) is 0 Å². The second-order valence-corrected chi connectivity index (χ2v) is 5.49. The Labute approximate surface area is 122 Å². The Bertz CT molecular complexity index is 664. The molecule has 0 aromatic carbocycles. The second kappa shape index (κ2) is 5.82. The van der Waals surface area contributed by atoms with Crippen molar-refractivity contribution in [3.05, 3.63) is 22.9 Å². The van der Waals surface area contributed by atoms with Crippen LogP contribution >= 0.6 is 0 Å². The summed E-state index contributed by atoms with van der Waals surface area (Å²) in [4.78, 5) is 18.1. The lowest BCUT2D eigenvalue weighted by Crippen LogP contribution is -2.51.